The van der Waals surface area contributed by atoms with Crippen LogP contribution in [-0.2, 0) is 6.54 Å². The molecule has 2 nitrogen and oxygen atoms in total. The van der Waals surface area contributed by atoms with E-state index in [0.717, 1.165) is 30.3 Å². The van der Waals surface area contributed by atoms with Crippen LogP contribution < -0.4 is 5.73 Å². The van der Waals surface area contributed by atoms with E-state index in [0.29, 0.717) is 12.5 Å². The van der Waals surface area contributed by atoms with Crippen molar-refractivity contribution in [3.63, 3.8) is 0 Å². The molecule has 2 N–H and O–H groups in total. The van der Waals surface area contributed by atoms with Gasteiger partial charge in [-0.2, -0.15) is 0 Å². The van der Waals surface area contributed by atoms with Crippen molar-refractivity contribution in [3.05, 3.63) is 35.8 Å². The summed E-state index contributed by atoms with van der Waals surface area (Å²) in [5.41, 5.74) is 7.98. The predicted molar refractivity (Wildman–Crippen MR) is 62.9 cm³/mol. The van der Waals surface area contributed by atoms with Crippen molar-refractivity contribution >= 4 is 10.9 Å². The van der Waals surface area contributed by atoms with E-state index in [2.05, 4.69) is 4.57 Å². The van der Waals surface area contributed by atoms with E-state index in [4.69, 9.17) is 5.73 Å². The van der Waals surface area contributed by atoms with Crippen molar-refractivity contribution in [3.8, 4) is 0 Å². The van der Waals surface area contributed by atoms with E-state index in [9.17, 15) is 4.39 Å². The molecule has 3 heteroatoms. The van der Waals surface area contributed by atoms with Crippen molar-refractivity contribution < 1.29 is 4.39 Å². The molecule has 0 fully saturated rings. The highest BCUT2D eigenvalue weighted by Gasteiger charge is 2.22. The Morgan fingerprint density at radius 2 is 2.31 bits per heavy atom. The lowest BCUT2D eigenvalue weighted by Gasteiger charge is -2.24. The van der Waals surface area contributed by atoms with Gasteiger partial charge < -0.3 is 10.3 Å². The van der Waals surface area contributed by atoms with Gasteiger partial charge in [0.2, 0.25) is 0 Å². The first-order chi connectivity index (χ1) is 7.81. The lowest BCUT2D eigenvalue weighted by Crippen LogP contribution is -2.21. The number of halogens is 1. The third-order valence-electron chi connectivity index (χ3n) is 3.56. The molecular weight excluding hydrogens is 203 g/mol. The first-order valence-electron chi connectivity index (χ1n) is 5.79. The Morgan fingerprint density at radius 1 is 1.44 bits per heavy atom. The summed E-state index contributed by atoms with van der Waals surface area (Å²) in [6.45, 7) is 1.64. The van der Waals surface area contributed by atoms with Gasteiger partial charge in [0.1, 0.15) is 5.82 Å². The number of hydrogen-bond donors (Lipinski definition) is 1. The van der Waals surface area contributed by atoms with Crippen LogP contribution >= 0.6 is 0 Å². The zero-order chi connectivity index (χ0) is 11.1. The number of rotatable bonds is 1. The molecule has 2 aromatic rings. The fourth-order valence-electron chi connectivity index (χ4n) is 2.74. The fraction of sp³-hybridized carbons (Fsp3) is 0.385. The Kier molecular flexibility index (Phi) is 2.21. The van der Waals surface area contributed by atoms with Crippen LogP contribution in [0.1, 0.15) is 24.5 Å². The van der Waals surface area contributed by atoms with Gasteiger partial charge in [0.05, 0.1) is 5.52 Å². The van der Waals surface area contributed by atoms with E-state index in [1.165, 1.54) is 11.8 Å². The Labute approximate surface area is 93.9 Å². The van der Waals surface area contributed by atoms with E-state index in [1.54, 1.807) is 6.07 Å². The average molecular weight is 218 g/mol. The fourth-order valence-corrected chi connectivity index (χ4v) is 2.74. The summed E-state index contributed by atoms with van der Waals surface area (Å²) >= 11 is 0. The monoisotopic (exact) mass is 218 g/mol. The molecule has 16 heavy (non-hydrogen) atoms. The highest BCUT2D eigenvalue weighted by atomic mass is 19.1. The standard InChI is InChI=1S/C13H15FN2/c14-11-4-1-5-12-10(11)7-13-9(8-15)3-2-6-16(12)13/h1,4-5,7,9H,2-3,6,8,15H2. The zero-order valence-corrected chi connectivity index (χ0v) is 9.12. The summed E-state index contributed by atoms with van der Waals surface area (Å²) in [6, 6.07) is 7.25. The first-order valence-corrected chi connectivity index (χ1v) is 5.79. The molecule has 0 saturated heterocycles. The molecule has 2 heterocycles. The molecule has 0 saturated carbocycles. The van der Waals surface area contributed by atoms with Crippen LogP contribution in [0.25, 0.3) is 10.9 Å². The minimum absolute atomic E-state index is 0.129. The van der Waals surface area contributed by atoms with Gasteiger partial charge in [0, 0.05) is 30.1 Å². The lowest BCUT2D eigenvalue weighted by atomic mass is 9.96. The van der Waals surface area contributed by atoms with Gasteiger partial charge in [-0.1, -0.05) is 6.07 Å². The highest BCUT2D eigenvalue weighted by molar-refractivity contribution is 5.82. The maximum atomic E-state index is 13.7. The maximum Gasteiger partial charge on any atom is 0.132 e. The van der Waals surface area contributed by atoms with Gasteiger partial charge in [-0.05, 0) is 31.0 Å². The molecule has 1 aliphatic heterocycles. The van der Waals surface area contributed by atoms with E-state index in [-0.39, 0.29) is 5.82 Å². The molecule has 1 atom stereocenters. The summed E-state index contributed by atoms with van der Waals surface area (Å²) in [5, 5.41) is 0.734. The number of benzene rings is 1. The number of nitrogens with zero attached hydrogens (tertiary/aromatic N) is 1. The summed E-state index contributed by atoms with van der Waals surface area (Å²) in [7, 11) is 0. The molecule has 0 aliphatic carbocycles. The zero-order valence-electron chi connectivity index (χ0n) is 9.12. The molecule has 1 aliphatic rings. The Bertz CT molecular complexity index is 530. The highest BCUT2D eigenvalue weighted by Crippen LogP contribution is 2.33. The second-order valence-electron chi connectivity index (χ2n) is 4.47. The maximum absolute atomic E-state index is 13.7. The van der Waals surface area contributed by atoms with Crippen LogP contribution in [0.5, 0.6) is 0 Å². The molecular formula is C13H15FN2. The molecule has 0 bridgehead atoms. The summed E-state index contributed by atoms with van der Waals surface area (Å²) in [6.07, 6.45) is 2.25. The largest absolute Gasteiger partial charge is 0.344 e. The number of nitrogens with two attached hydrogens (primary N) is 1. The average Bonchev–Trinajstić information content (AvgIpc) is 2.69. The van der Waals surface area contributed by atoms with Crippen molar-refractivity contribution in [1.82, 2.24) is 4.57 Å². The van der Waals surface area contributed by atoms with Crippen LogP contribution in [0.3, 0.4) is 0 Å². The van der Waals surface area contributed by atoms with Crippen LogP contribution in [0.2, 0.25) is 0 Å². The van der Waals surface area contributed by atoms with Crippen LogP contribution in [0.4, 0.5) is 4.39 Å². The van der Waals surface area contributed by atoms with E-state index in [1.807, 2.05) is 12.1 Å². The molecule has 1 unspecified atom stereocenters. The third kappa shape index (κ3) is 1.28. The summed E-state index contributed by atoms with van der Waals surface area (Å²) in [5.74, 6) is 0.260. The van der Waals surface area contributed by atoms with Gasteiger partial charge in [-0.15, -0.1) is 0 Å². The molecule has 3 rings (SSSR count). The van der Waals surface area contributed by atoms with Crippen molar-refractivity contribution in [1.29, 1.82) is 0 Å². The van der Waals surface area contributed by atoms with E-state index >= 15 is 0 Å². The molecule has 1 aromatic heterocycles. The molecule has 84 valence electrons. The second-order valence-corrected chi connectivity index (χ2v) is 4.47. The Morgan fingerprint density at radius 3 is 3.12 bits per heavy atom. The normalized spacial score (nSPS) is 20.0. The SMILES string of the molecule is NCC1CCCn2c1cc1c(F)cccc12. The Balaban J connectivity index is 2.28. The van der Waals surface area contributed by atoms with Crippen molar-refractivity contribution in [2.45, 2.75) is 25.3 Å². The lowest BCUT2D eigenvalue weighted by molar-refractivity contribution is 0.467. The predicted octanol–water partition coefficient (Wildman–Crippen LogP) is 2.62. The van der Waals surface area contributed by atoms with E-state index < -0.39 is 0 Å². The summed E-state index contributed by atoms with van der Waals surface area (Å²) < 4.78 is 15.9. The van der Waals surface area contributed by atoms with Gasteiger partial charge in [-0.3, -0.25) is 0 Å². The van der Waals surface area contributed by atoms with Gasteiger partial charge >= 0.3 is 0 Å². The van der Waals surface area contributed by atoms with Gasteiger partial charge in [0.15, 0.2) is 0 Å². The van der Waals surface area contributed by atoms with Gasteiger partial charge in [-0.25, -0.2) is 4.39 Å². The number of aryl methyl sites for hydroxylation is 1. The minimum Gasteiger partial charge on any atom is -0.344 e. The van der Waals surface area contributed by atoms with Crippen molar-refractivity contribution in [2.24, 2.45) is 5.73 Å². The minimum atomic E-state index is -0.129. The number of aromatic nitrogens is 1. The quantitative estimate of drug-likeness (QED) is 0.783. The number of fused-ring (bicyclic) bond motifs is 3. The van der Waals surface area contributed by atoms with Crippen molar-refractivity contribution in [2.75, 3.05) is 6.54 Å². The van der Waals surface area contributed by atoms with Gasteiger partial charge in [0.25, 0.3) is 0 Å². The topological polar surface area (TPSA) is 30.9 Å². The molecule has 1 aromatic carbocycles. The molecule has 0 amide bonds. The molecule has 0 radical (unpaired) electrons. The summed E-state index contributed by atoms with van der Waals surface area (Å²) in [4.78, 5) is 0. The Hall–Kier alpha value is -1.35. The van der Waals surface area contributed by atoms with Crippen LogP contribution in [0, 0.1) is 5.82 Å². The van der Waals surface area contributed by atoms with Crippen LogP contribution in [0.15, 0.2) is 24.3 Å². The smallest absolute Gasteiger partial charge is 0.132 e. The first kappa shape index (κ1) is 9.85. The third-order valence-corrected chi connectivity index (χ3v) is 3.56. The molecule has 0 spiro atoms. The number of hydrogen-bond acceptors (Lipinski definition) is 1. The second kappa shape index (κ2) is 3.59. The van der Waals surface area contributed by atoms with Crippen LogP contribution in [-0.4, -0.2) is 11.1 Å².